The van der Waals surface area contributed by atoms with Crippen molar-refractivity contribution in [3.63, 3.8) is 0 Å². The largest absolute Gasteiger partial charge is 0.493 e. The van der Waals surface area contributed by atoms with Gasteiger partial charge in [0.25, 0.3) is 0 Å². The van der Waals surface area contributed by atoms with Crippen LogP contribution in [0.5, 0.6) is 5.75 Å². The normalized spacial score (nSPS) is 17.1. The second-order valence-electron chi connectivity index (χ2n) is 6.72. The van der Waals surface area contributed by atoms with Crippen molar-refractivity contribution in [2.24, 2.45) is 4.99 Å². The van der Waals surface area contributed by atoms with Crippen LogP contribution in [0.1, 0.15) is 38.2 Å². The lowest BCUT2D eigenvalue weighted by Gasteiger charge is -2.13. The lowest BCUT2D eigenvalue weighted by molar-refractivity contribution is 0.0168. The summed E-state index contributed by atoms with van der Waals surface area (Å²) in [4.78, 5) is 4.60. The van der Waals surface area contributed by atoms with Crippen molar-refractivity contribution in [3.05, 3.63) is 29.8 Å². The maximum absolute atomic E-state index is 5.81. The van der Waals surface area contributed by atoms with Gasteiger partial charge in [-0.2, -0.15) is 0 Å². The van der Waals surface area contributed by atoms with Gasteiger partial charge in [-0.3, -0.25) is 4.99 Å². The highest BCUT2D eigenvalue weighted by atomic mass is 16.5. The van der Waals surface area contributed by atoms with E-state index in [9.17, 15) is 0 Å². The van der Waals surface area contributed by atoms with Crippen molar-refractivity contribution in [2.75, 3.05) is 46.1 Å². The van der Waals surface area contributed by atoms with Crippen LogP contribution in [-0.4, -0.2) is 58.1 Å². The molecule has 2 N–H and O–H groups in total. The number of aryl methyl sites for hydroxylation is 1. The molecule has 1 aromatic carbocycles. The van der Waals surface area contributed by atoms with Gasteiger partial charge in [-0.25, -0.2) is 0 Å². The van der Waals surface area contributed by atoms with Crippen molar-refractivity contribution in [1.29, 1.82) is 0 Å². The van der Waals surface area contributed by atoms with Crippen LogP contribution >= 0.6 is 0 Å². The average Bonchev–Trinajstić information content (AvgIpc) is 3.19. The van der Waals surface area contributed by atoms with E-state index >= 15 is 0 Å². The summed E-state index contributed by atoms with van der Waals surface area (Å²) in [7, 11) is 0. The zero-order chi connectivity index (χ0) is 19.2. The molecule has 0 spiro atoms. The minimum absolute atomic E-state index is 0.304. The number of hydrogen-bond acceptors (Lipinski definition) is 4. The number of guanidine groups is 1. The Hall–Kier alpha value is -1.79. The molecule has 1 aliphatic rings. The molecular weight excluding hydrogens is 342 g/mol. The molecule has 1 fully saturated rings. The summed E-state index contributed by atoms with van der Waals surface area (Å²) in [5, 5.41) is 6.63. The first-order chi connectivity index (χ1) is 13.3. The highest BCUT2D eigenvalue weighted by molar-refractivity contribution is 5.79. The van der Waals surface area contributed by atoms with Gasteiger partial charge in [0.05, 0.1) is 19.3 Å². The maximum Gasteiger partial charge on any atom is 0.191 e. The molecule has 0 bridgehead atoms. The SMILES string of the molecule is CCNC(=NCCCOc1ccccc1C)NCCCOCC1CCCO1. The Labute approximate surface area is 163 Å². The van der Waals surface area contributed by atoms with Crippen LogP contribution in [-0.2, 0) is 9.47 Å². The standard InChI is InChI=1S/C21H35N3O3/c1-3-22-21(23-12-7-14-25-17-19-10-6-15-26-19)24-13-8-16-27-20-11-5-4-9-18(20)2/h4-5,9,11,19H,3,6-8,10,12-17H2,1-2H3,(H2,22,23,24). The summed E-state index contributed by atoms with van der Waals surface area (Å²) >= 11 is 0. The van der Waals surface area contributed by atoms with E-state index in [1.54, 1.807) is 0 Å². The lowest BCUT2D eigenvalue weighted by Crippen LogP contribution is -2.38. The monoisotopic (exact) mass is 377 g/mol. The topological polar surface area (TPSA) is 64.1 Å². The molecule has 0 aliphatic carbocycles. The summed E-state index contributed by atoms with van der Waals surface area (Å²) < 4.78 is 17.0. The third-order valence-corrected chi connectivity index (χ3v) is 4.35. The van der Waals surface area contributed by atoms with Crippen LogP contribution in [0.15, 0.2) is 29.3 Å². The lowest BCUT2D eigenvalue weighted by atomic mass is 10.2. The molecule has 1 saturated heterocycles. The molecule has 1 aromatic rings. The van der Waals surface area contributed by atoms with Gasteiger partial charge in [0.2, 0.25) is 0 Å². The maximum atomic E-state index is 5.81. The van der Waals surface area contributed by atoms with Gasteiger partial charge in [-0.05, 0) is 44.7 Å². The summed E-state index contributed by atoms with van der Waals surface area (Å²) in [6.07, 6.45) is 4.43. The van der Waals surface area contributed by atoms with Crippen molar-refractivity contribution < 1.29 is 14.2 Å². The molecule has 1 atom stereocenters. The quantitative estimate of drug-likeness (QED) is 0.333. The minimum atomic E-state index is 0.304. The van der Waals surface area contributed by atoms with Gasteiger partial charge < -0.3 is 24.8 Å². The van der Waals surface area contributed by atoms with Crippen molar-refractivity contribution in [2.45, 2.75) is 45.6 Å². The van der Waals surface area contributed by atoms with Gasteiger partial charge in [0.15, 0.2) is 5.96 Å². The Bertz CT molecular complexity index is 545. The minimum Gasteiger partial charge on any atom is -0.493 e. The van der Waals surface area contributed by atoms with Gasteiger partial charge in [-0.15, -0.1) is 0 Å². The first-order valence-corrected chi connectivity index (χ1v) is 10.2. The number of nitrogens with zero attached hydrogens (tertiary/aromatic N) is 1. The van der Waals surface area contributed by atoms with E-state index < -0.39 is 0 Å². The number of hydrogen-bond donors (Lipinski definition) is 2. The molecule has 27 heavy (non-hydrogen) atoms. The van der Waals surface area contributed by atoms with Crippen LogP contribution in [0.3, 0.4) is 0 Å². The smallest absolute Gasteiger partial charge is 0.191 e. The number of aliphatic imine (C=N–C) groups is 1. The van der Waals surface area contributed by atoms with E-state index in [1.807, 2.05) is 18.2 Å². The van der Waals surface area contributed by atoms with Crippen molar-refractivity contribution in [1.82, 2.24) is 10.6 Å². The van der Waals surface area contributed by atoms with Gasteiger partial charge in [0.1, 0.15) is 5.75 Å². The molecule has 6 nitrogen and oxygen atoms in total. The summed E-state index contributed by atoms with van der Waals surface area (Å²) in [5.41, 5.74) is 1.16. The second kappa shape index (κ2) is 13.4. The molecule has 0 aromatic heterocycles. The van der Waals surface area contributed by atoms with Crippen LogP contribution in [0.25, 0.3) is 0 Å². The van der Waals surface area contributed by atoms with E-state index in [0.717, 1.165) is 82.4 Å². The Morgan fingerprint density at radius 3 is 2.89 bits per heavy atom. The number of ether oxygens (including phenoxy) is 3. The predicted octanol–water partition coefficient (Wildman–Crippen LogP) is 2.90. The molecule has 0 amide bonds. The van der Waals surface area contributed by atoms with Gasteiger partial charge >= 0.3 is 0 Å². The van der Waals surface area contributed by atoms with Gasteiger partial charge in [-0.1, -0.05) is 18.2 Å². The number of rotatable bonds is 12. The van der Waals surface area contributed by atoms with E-state index in [4.69, 9.17) is 14.2 Å². The van der Waals surface area contributed by atoms with E-state index in [0.29, 0.717) is 12.7 Å². The summed E-state index contributed by atoms with van der Waals surface area (Å²) in [6, 6.07) is 8.09. The Morgan fingerprint density at radius 1 is 1.22 bits per heavy atom. The summed E-state index contributed by atoms with van der Waals surface area (Å²) in [6.45, 7) is 9.58. The van der Waals surface area contributed by atoms with E-state index in [1.165, 1.54) is 0 Å². The fraction of sp³-hybridized carbons (Fsp3) is 0.667. The highest BCUT2D eigenvalue weighted by Crippen LogP contribution is 2.16. The Kier molecular flexibility index (Phi) is 10.7. The van der Waals surface area contributed by atoms with Crippen LogP contribution in [0.4, 0.5) is 0 Å². The molecule has 152 valence electrons. The molecule has 0 radical (unpaired) electrons. The van der Waals surface area contributed by atoms with Gasteiger partial charge in [0, 0.05) is 39.3 Å². The molecule has 1 aliphatic heterocycles. The highest BCUT2D eigenvalue weighted by Gasteiger charge is 2.14. The predicted molar refractivity (Wildman–Crippen MR) is 110 cm³/mol. The van der Waals surface area contributed by atoms with Crippen LogP contribution in [0.2, 0.25) is 0 Å². The zero-order valence-electron chi connectivity index (χ0n) is 16.8. The first kappa shape index (κ1) is 21.5. The summed E-state index contributed by atoms with van der Waals surface area (Å²) in [5.74, 6) is 1.81. The third kappa shape index (κ3) is 9.11. The fourth-order valence-corrected chi connectivity index (χ4v) is 2.87. The average molecular weight is 378 g/mol. The molecule has 0 saturated carbocycles. The number of benzene rings is 1. The van der Waals surface area contributed by atoms with Crippen LogP contribution < -0.4 is 15.4 Å². The van der Waals surface area contributed by atoms with Crippen molar-refractivity contribution >= 4 is 5.96 Å². The molecule has 2 rings (SSSR count). The number of nitrogens with one attached hydrogen (secondary N) is 2. The van der Waals surface area contributed by atoms with E-state index in [2.05, 4.69) is 35.5 Å². The molecule has 1 unspecified atom stereocenters. The van der Waals surface area contributed by atoms with Crippen LogP contribution in [0, 0.1) is 6.92 Å². The first-order valence-electron chi connectivity index (χ1n) is 10.2. The molecular formula is C21H35N3O3. The third-order valence-electron chi connectivity index (χ3n) is 4.35. The number of para-hydroxylation sites is 1. The van der Waals surface area contributed by atoms with Crippen molar-refractivity contribution in [3.8, 4) is 5.75 Å². The molecule has 1 heterocycles. The van der Waals surface area contributed by atoms with E-state index in [-0.39, 0.29) is 0 Å². The Balaban J connectivity index is 1.54. The Morgan fingerprint density at radius 2 is 2.11 bits per heavy atom. The second-order valence-corrected chi connectivity index (χ2v) is 6.72. The fourth-order valence-electron chi connectivity index (χ4n) is 2.87. The molecule has 6 heteroatoms. The zero-order valence-corrected chi connectivity index (χ0v) is 16.8.